The van der Waals surface area contributed by atoms with Crippen LogP contribution in [0.5, 0.6) is 0 Å². The van der Waals surface area contributed by atoms with Gasteiger partial charge in [-0.05, 0) is 51.2 Å². The Morgan fingerprint density at radius 2 is 1.68 bits per heavy atom. The molecule has 1 aliphatic rings. The third-order valence-electron chi connectivity index (χ3n) is 4.65. The van der Waals surface area contributed by atoms with Crippen LogP contribution in [0.4, 0.5) is 0 Å². The zero-order chi connectivity index (χ0) is 17.9. The first-order valence-electron chi connectivity index (χ1n) is 8.96. The lowest BCUT2D eigenvalue weighted by atomic mass is 9.95. The third-order valence-corrected chi connectivity index (χ3v) is 4.65. The average molecular weight is 338 g/mol. The molecule has 0 aliphatic carbocycles. The van der Waals surface area contributed by atoms with Crippen LogP contribution in [0.2, 0.25) is 0 Å². The highest BCUT2D eigenvalue weighted by Gasteiger charge is 2.45. The van der Waals surface area contributed by atoms with Crippen LogP contribution in [0.1, 0.15) is 48.2 Å². The van der Waals surface area contributed by atoms with Crippen molar-refractivity contribution >= 4 is 5.78 Å². The Bertz CT molecular complexity index is 721. The highest BCUT2D eigenvalue weighted by molar-refractivity contribution is 6.01. The molecule has 3 nitrogen and oxygen atoms in total. The van der Waals surface area contributed by atoms with Crippen molar-refractivity contribution in [3.63, 3.8) is 0 Å². The van der Waals surface area contributed by atoms with Gasteiger partial charge in [-0.3, -0.25) is 4.79 Å². The molecular formula is C22H26O3. The molecule has 1 saturated heterocycles. The van der Waals surface area contributed by atoms with Gasteiger partial charge in [-0.15, -0.1) is 0 Å². The van der Waals surface area contributed by atoms with Crippen LogP contribution in [-0.2, 0) is 15.9 Å². The van der Waals surface area contributed by atoms with Crippen molar-refractivity contribution in [3.05, 3.63) is 71.3 Å². The summed E-state index contributed by atoms with van der Waals surface area (Å²) in [4.78, 5) is 13.0. The van der Waals surface area contributed by atoms with Crippen molar-refractivity contribution in [2.24, 2.45) is 0 Å². The topological polar surface area (TPSA) is 35.5 Å². The van der Waals surface area contributed by atoms with Gasteiger partial charge in [0, 0.05) is 5.56 Å². The first-order valence-corrected chi connectivity index (χ1v) is 8.96. The summed E-state index contributed by atoms with van der Waals surface area (Å²) in [7, 11) is 0. The second-order valence-electron chi connectivity index (χ2n) is 7.15. The molecule has 1 fully saturated rings. The first kappa shape index (κ1) is 17.8. The van der Waals surface area contributed by atoms with E-state index in [0.29, 0.717) is 0 Å². The van der Waals surface area contributed by atoms with E-state index in [4.69, 9.17) is 9.47 Å². The fourth-order valence-electron chi connectivity index (χ4n) is 3.42. The Morgan fingerprint density at radius 1 is 1.00 bits per heavy atom. The van der Waals surface area contributed by atoms with Crippen molar-refractivity contribution in [2.45, 2.75) is 58.0 Å². The molecule has 0 aromatic heterocycles. The fraction of sp³-hybridized carbons (Fsp3) is 0.409. The number of aryl methyl sites for hydroxylation is 2. The molecule has 0 bridgehead atoms. The van der Waals surface area contributed by atoms with Crippen molar-refractivity contribution in [2.75, 3.05) is 0 Å². The zero-order valence-corrected chi connectivity index (χ0v) is 15.2. The number of carbonyl (C=O) groups excluding carboxylic acids is 1. The minimum Gasteiger partial charge on any atom is -0.344 e. The molecule has 2 aromatic rings. The van der Waals surface area contributed by atoms with Gasteiger partial charge < -0.3 is 9.47 Å². The third kappa shape index (κ3) is 4.36. The zero-order valence-electron chi connectivity index (χ0n) is 15.2. The van der Waals surface area contributed by atoms with E-state index >= 15 is 0 Å². The fourth-order valence-corrected chi connectivity index (χ4v) is 3.42. The van der Waals surface area contributed by atoms with E-state index in [9.17, 15) is 4.79 Å². The minimum absolute atomic E-state index is 0.0217. The maximum Gasteiger partial charge on any atom is 0.194 e. The number of carbonyl (C=O) groups is 1. The Balaban J connectivity index is 1.68. The summed E-state index contributed by atoms with van der Waals surface area (Å²) in [5.41, 5.74) is 3.01. The smallest absolute Gasteiger partial charge is 0.194 e. The van der Waals surface area contributed by atoms with Gasteiger partial charge in [0.05, 0.1) is 6.10 Å². The van der Waals surface area contributed by atoms with Crippen LogP contribution in [0.3, 0.4) is 0 Å². The lowest BCUT2D eigenvalue weighted by Crippen LogP contribution is -2.32. The normalized spacial score (nSPS) is 22.0. The van der Waals surface area contributed by atoms with Gasteiger partial charge in [0.15, 0.2) is 11.6 Å². The molecule has 0 spiro atoms. The molecule has 0 N–H and O–H groups in total. The summed E-state index contributed by atoms with van der Waals surface area (Å²) < 4.78 is 12.0. The number of ketones is 1. The second-order valence-corrected chi connectivity index (χ2v) is 7.15. The number of hydrogen-bond acceptors (Lipinski definition) is 3. The van der Waals surface area contributed by atoms with Crippen LogP contribution >= 0.6 is 0 Å². The predicted molar refractivity (Wildman–Crippen MR) is 98.7 cm³/mol. The van der Waals surface area contributed by atoms with Crippen LogP contribution in [0, 0.1) is 6.92 Å². The molecule has 132 valence electrons. The van der Waals surface area contributed by atoms with Gasteiger partial charge in [0.25, 0.3) is 0 Å². The van der Waals surface area contributed by atoms with Gasteiger partial charge >= 0.3 is 0 Å². The van der Waals surface area contributed by atoms with E-state index in [1.807, 2.05) is 51.1 Å². The summed E-state index contributed by atoms with van der Waals surface area (Å²) in [5, 5.41) is 0. The SMILES string of the molecule is Cc1ccccc1C(=O)[C@@H]1OC(C)(C)O[C@@H]1CCCc1ccccc1. The largest absolute Gasteiger partial charge is 0.344 e. The summed E-state index contributed by atoms with van der Waals surface area (Å²) in [5.74, 6) is -0.700. The molecule has 0 saturated carbocycles. The van der Waals surface area contributed by atoms with Crippen molar-refractivity contribution in [1.29, 1.82) is 0 Å². The van der Waals surface area contributed by atoms with Crippen molar-refractivity contribution in [1.82, 2.24) is 0 Å². The Morgan fingerprint density at radius 3 is 2.40 bits per heavy atom. The van der Waals surface area contributed by atoms with Gasteiger partial charge in [0.2, 0.25) is 0 Å². The van der Waals surface area contributed by atoms with Crippen LogP contribution in [0.15, 0.2) is 54.6 Å². The number of benzene rings is 2. The second kappa shape index (κ2) is 7.51. The molecule has 0 radical (unpaired) electrons. The van der Waals surface area contributed by atoms with Crippen LogP contribution < -0.4 is 0 Å². The molecule has 25 heavy (non-hydrogen) atoms. The van der Waals surface area contributed by atoms with E-state index < -0.39 is 11.9 Å². The molecule has 2 aromatic carbocycles. The van der Waals surface area contributed by atoms with E-state index in [-0.39, 0.29) is 11.9 Å². The molecule has 2 atom stereocenters. The standard InChI is InChI=1S/C22H26O3/c1-16-10-7-8-14-18(16)20(23)21-19(24-22(2,3)25-21)15-9-13-17-11-5-4-6-12-17/h4-8,10-12,14,19,21H,9,13,15H2,1-3H3/t19-,21-/m1/s1. The summed E-state index contributed by atoms with van der Waals surface area (Å²) >= 11 is 0. The molecule has 3 rings (SSSR count). The monoisotopic (exact) mass is 338 g/mol. The van der Waals surface area contributed by atoms with Gasteiger partial charge in [-0.25, -0.2) is 0 Å². The summed E-state index contributed by atoms with van der Waals surface area (Å²) in [6, 6.07) is 18.1. The Hall–Kier alpha value is -1.97. The average Bonchev–Trinajstić information content (AvgIpc) is 2.90. The molecule has 0 amide bonds. The van der Waals surface area contributed by atoms with Gasteiger partial charge in [0.1, 0.15) is 6.10 Å². The minimum atomic E-state index is -0.722. The van der Waals surface area contributed by atoms with E-state index in [0.717, 1.165) is 30.4 Å². The Kier molecular flexibility index (Phi) is 5.36. The highest BCUT2D eigenvalue weighted by atomic mass is 16.8. The predicted octanol–water partition coefficient (Wildman–Crippen LogP) is 4.72. The van der Waals surface area contributed by atoms with Gasteiger partial charge in [-0.1, -0.05) is 54.6 Å². The number of rotatable bonds is 6. The first-order chi connectivity index (χ1) is 12.0. The van der Waals surface area contributed by atoms with Crippen LogP contribution in [0.25, 0.3) is 0 Å². The molecule has 1 aliphatic heterocycles. The van der Waals surface area contributed by atoms with E-state index in [1.165, 1.54) is 5.56 Å². The number of hydrogen-bond donors (Lipinski definition) is 0. The quantitative estimate of drug-likeness (QED) is 0.715. The van der Waals surface area contributed by atoms with E-state index in [1.54, 1.807) is 0 Å². The van der Waals surface area contributed by atoms with Crippen molar-refractivity contribution < 1.29 is 14.3 Å². The molecule has 1 heterocycles. The maximum absolute atomic E-state index is 13.0. The number of Topliss-reactive ketones (excluding diaryl/α,β-unsaturated/α-hetero) is 1. The Labute approximate surface area is 150 Å². The lowest BCUT2D eigenvalue weighted by Gasteiger charge is -2.16. The molecule has 0 unspecified atom stereocenters. The van der Waals surface area contributed by atoms with E-state index in [2.05, 4.69) is 24.3 Å². The summed E-state index contributed by atoms with van der Waals surface area (Å²) in [6.07, 6.45) is 2.01. The number of ether oxygens (including phenoxy) is 2. The molecular weight excluding hydrogens is 312 g/mol. The van der Waals surface area contributed by atoms with Crippen molar-refractivity contribution in [3.8, 4) is 0 Å². The highest BCUT2D eigenvalue weighted by Crippen LogP contribution is 2.33. The maximum atomic E-state index is 13.0. The molecule has 3 heteroatoms. The summed E-state index contributed by atoms with van der Waals surface area (Å²) in [6.45, 7) is 5.71. The van der Waals surface area contributed by atoms with Gasteiger partial charge in [-0.2, -0.15) is 0 Å². The van der Waals surface area contributed by atoms with Crippen LogP contribution in [-0.4, -0.2) is 23.8 Å². The lowest BCUT2D eigenvalue weighted by molar-refractivity contribution is -0.143.